The van der Waals surface area contributed by atoms with Crippen LogP contribution in [0.25, 0.3) is 17.3 Å². The average Bonchev–Trinajstić information content (AvgIpc) is 3.31. The van der Waals surface area contributed by atoms with Crippen molar-refractivity contribution >= 4 is 23.4 Å². The number of amides is 1. The average molecular weight is 484 g/mol. The number of rotatable bonds is 7. The van der Waals surface area contributed by atoms with E-state index in [9.17, 15) is 9.18 Å². The summed E-state index contributed by atoms with van der Waals surface area (Å²) in [5.41, 5.74) is 4.39. The van der Waals surface area contributed by atoms with Crippen molar-refractivity contribution in [2.75, 3.05) is 36.5 Å². The SMILES string of the molecule is O=C(/C=C/c1cn(Cc2ccccc2)nc1-c1cccnc1)Nc1ccc(N2CCOCC2)c(F)c1. The minimum atomic E-state index is -0.375. The van der Waals surface area contributed by atoms with Crippen LogP contribution in [-0.2, 0) is 16.1 Å². The van der Waals surface area contributed by atoms with Gasteiger partial charge in [0.15, 0.2) is 0 Å². The van der Waals surface area contributed by atoms with Gasteiger partial charge in [-0.15, -0.1) is 0 Å². The number of pyridine rings is 1. The minimum absolute atomic E-state index is 0.360. The Morgan fingerprint density at radius 2 is 1.92 bits per heavy atom. The van der Waals surface area contributed by atoms with Crippen LogP contribution in [0.4, 0.5) is 15.8 Å². The summed E-state index contributed by atoms with van der Waals surface area (Å²) >= 11 is 0. The number of hydrogen-bond acceptors (Lipinski definition) is 5. The molecule has 1 fully saturated rings. The lowest BCUT2D eigenvalue weighted by Gasteiger charge is -2.29. The van der Waals surface area contributed by atoms with E-state index in [-0.39, 0.29) is 11.7 Å². The minimum Gasteiger partial charge on any atom is -0.378 e. The summed E-state index contributed by atoms with van der Waals surface area (Å²) in [6.07, 6.45) is 8.49. The summed E-state index contributed by atoms with van der Waals surface area (Å²) in [6, 6.07) is 18.5. The molecule has 0 radical (unpaired) electrons. The first kappa shape index (κ1) is 23.4. The van der Waals surface area contributed by atoms with E-state index < -0.39 is 0 Å². The number of ether oxygens (including phenoxy) is 1. The Labute approximate surface area is 208 Å². The zero-order chi connectivity index (χ0) is 24.7. The van der Waals surface area contributed by atoms with Gasteiger partial charge in [0.25, 0.3) is 0 Å². The number of carbonyl (C=O) groups is 1. The van der Waals surface area contributed by atoms with Crippen molar-refractivity contribution in [2.45, 2.75) is 6.54 Å². The van der Waals surface area contributed by atoms with Gasteiger partial charge >= 0.3 is 0 Å². The van der Waals surface area contributed by atoms with Crippen LogP contribution >= 0.6 is 0 Å². The van der Waals surface area contributed by atoms with Crippen molar-refractivity contribution in [3.8, 4) is 11.3 Å². The Morgan fingerprint density at radius 3 is 2.67 bits per heavy atom. The molecule has 36 heavy (non-hydrogen) atoms. The number of anilines is 2. The summed E-state index contributed by atoms with van der Waals surface area (Å²) in [5, 5.41) is 7.47. The van der Waals surface area contributed by atoms with Gasteiger partial charge in [0, 0.05) is 54.6 Å². The summed E-state index contributed by atoms with van der Waals surface area (Å²) < 4.78 is 21.9. The maximum absolute atomic E-state index is 14.7. The Bertz CT molecular complexity index is 1350. The number of halogens is 1. The van der Waals surface area contributed by atoms with Crippen LogP contribution in [0, 0.1) is 5.82 Å². The van der Waals surface area contributed by atoms with Gasteiger partial charge in [-0.05, 0) is 42.0 Å². The largest absolute Gasteiger partial charge is 0.378 e. The third kappa shape index (κ3) is 5.67. The van der Waals surface area contributed by atoms with Gasteiger partial charge in [0.1, 0.15) is 11.5 Å². The first-order valence-corrected chi connectivity index (χ1v) is 11.8. The molecule has 0 saturated carbocycles. The van der Waals surface area contributed by atoms with Crippen LogP contribution in [-0.4, -0.2) is 47.0 Å². The Kier molecular flexibility index (Phi) is 7.14. The fourth-order valence-electron chi connectivity index (χ4n) is 4.13. The van der Waals surface area contributed by atoms with E-state index in [1.807, 2.05) is 58.2 Å². The summed E-state index contributed by atoms with van der Waals surface area (Å²) in [6.45, 7) is 3.03. The zero-order valence-electron chi connectivity index (χ0n) is 19.7. The fourth-order valence-corrected chi connectivity index (χ4v) is 4.13. The standard InChI is InChI=1S/C28H26FN5O2/c29-25-17-24(9-10-26(25)33-13-15-36-16-14-33)31-27(35)11-8-23-20-34(19-21-5-2-1-3-6-21)32-28(23)22-7-4-12-30-18-22/h1-12,17-18,20H,13-16,19H2,(H,31,35)/b11-8+. The number of hydrogen-bond donors (Lipinski definition) is 1. The molecule has 3 heterocycles. The van der Waals surface area contributed by atoms with E-state index in [2.05, 4.69) is 10.3 Å². The molecule has 0 atom stereocenters. The highest BCUT2D eigenvalue weighted by Gasteiger charge is 2.16. The van der Waals surface area contributed by atoms with Gasteiger partial charge in [-0.25, -0.2) is 4.39 Å². The molecule has 1 aliphatic rings. The molecule has 5 rings (SSSR count). The van der Waals surface area contributed by atoms with Gasteiger partial charge in [0.2, 0.25) is 5.91 Å². The lowest BCUT2D eigenvalue weighted by molar-refractivity contribution is -0.111. The Balaban J connectivity index is 1.32. The maximum atomic E-state index is 14.7. The molecule has 0 bridgehead atoms. The molecule has 1 saturated heterocycles. The van der Waals surface area contributed by atoms with Gasteiger partial charge in [-0.3, -0.25) is 14.5 Å². The van der Waals surface area contributed by atoms with Crippen LogP contribution in [0.15, 0.2) is 85.3 Å². The first-order valence-electron chi connectivity index (χ1n) is 11.8. The summed E-state index contributed by atoms with van der Waals surface area (Å²) in [5.74, 6) is -0.735. The van der Waals surface area contributed by atoms with Crippen LogP contribution in [0.3, 0.4) is 0 Å². The second-order valence-electron chi connectivity index (χ2n) is 8.45. The number of aromatic nitrogens is 3. The van der Waals surface area contributed by atoms with Crippen molar-refractivity contribution in [3.63, 3.8) is 0 Å². The van der Waals surface area contributed by atoms with E-state index in [1.54, 1.807) is 30.6 Å². The molecule has 4 aromatic rings. The van der Waals surface area contributed by atoms with E-state index in [4.69, 9.17) is 9.84 Å². The summed E-state index contributed by atoms with van der Waals surface area (Å²) in [4.78, 5) is 18.8. The first-order chi connectivity index (χ1) is 17.7. The molecule has 0 spiro atoms. The van der Waals surface area contributed by atoms with Crippen molar-refractivity contribution in [2.24, 2.45) is 0 Å². The summed E-state index contributed by atoms with van der Waals surface area (Å²) in [7, 11) is 0. The highest BCUT2D eigenvalue weighted by atomic mass is 19.1. The zero-order valence-corrected chi connectivity index (χ0v) is 19.7. The second-order valence-corrected chi connectivity index (χ2v) is 8.45. The molecule has 8 heteroatoms. The van der Waals surface area contributed by atoms with Gasteiger partial charge in [-0.1, -0.05) is 30.3 Å². The highest BCUT2D eigenvalue weighted by molar-refractivity contribution is 6.02. The van der Waals surface area contributed by atoms with E-state index in [1.165, 1.54) is 12.1 Å². The van der Waals surface area contributed by atoms with E-state index >= 15 is 0 Å². The predicted octanol–water partition coefficient (Wildman–Crippen LogP) is 4.62. The number of carbonyl (C=O) groups excluding carboxylic acids is 1. The maximum Gasteiger partial charge on any atom is 0.248 e. The molecule has 1 N–H and O–H groups in total. The number of benzene rings is 2. The van der Waals surface area contributed by atoms with E-state index in [0.29, 0.717) is 44.2 Å². The fraction of sp³-hybridized carbons (Fsp3) is 0.179. The topological polar surface area (TPSA) is 72.3 Å². The van der Waals surface area contributed by atoms with Gasteiger partial charge in [0.05, 0.1) is 25.4 Å². The van der Waals surface area contributed by atoms with Crippen molar-refractivity contribution in [3.05, 3.63) is 102 Å². The molecule has 0 aliphatic carbocycles. The number of nitrogens with one attached hydrogen (secondary N) is 1. The third-order valence-electron chi connectivity index (χ3n) is 5.89. The van der Waals surface area contributed by atoms with Crippen LogP contribution in [0.2, 0.25) is 0 Å². The lowest BCUT2D eigenvalue weighted by Crippen LogP contribution is -2.36. The smallest absolute Gasteiger partial charge is 0.248 e. The van der Waals surface area contributed by atoms with Crippen molar-refractivity contribution < 1.29 is 13.9 Å². The van der Waals surface area contributed by atoms with Gasteiger partial charge in [-0.2, -0.15) is 5.10 Å². The molecular weight excluding hydrogens is 457 g/mol. The molecule has 1 aliphatic heterocycles. The molecule has 182 valence electrons. The molecular formula is C28H26FN5O2. The second kappa shape index (κ2) is 11.0. The Hall–Kier alpha value is -4.30. The quantitative estimate of drug-likeness (QED) is 0.389. The normalized spacial score (nSPS) is 13.8. The van der Waals surface area contributed by atoms with Crippen LogP contribution in [0.1, 0.15) is 11.1 Å². The van der Waals surface area contributed by atoms with E-state index in [0.717, 1.165) is 22.4 Å². The molecule has 7 nitrogen and oxygen atoms in total. The molecule has 2 aromatic heterocycles. The predicted molar refractivity (Wildman–Crippen MR) is 138 cm³/mol. The molecule has 1 amide bonds. The highest BCUT2D eigenvalue weighted by Crippen LogP contribution is 2.25. The van der Waals surface area contributed by atoms with Crippen LogP contribution in [0.5, 0.6) is 0 Å². The lowest BCUT2D eigenvalue weighted by atomic mass is 10.1. The molecule has 0 unspecified atom stereocenters. The Morgan fingerprint density at radius 1 is 1.08 bits per heavy atom. The number of nitrogens with zero attached hydrogens (tertiary/aromatic N) is 4. The number of morpholine rings is 1. The van der Waals surface area contributed by atoms with Crippen molar-refractivity contribution in [1.29, 1.82) is 0 Å². The van der Waals surface area contributed by atoms with Crippen LogP contribution < -0.4 is 10.2 Å². The monoisotopic (exact) mass is 483 g/mol. The molecule has 2 aromatic carbocycles. The van der Waals surface area contributed by atoms with Crippen molar-refractivity contribution in [1.82, 2.24) is 14.8 Å². The third-order valence-corrected chi connectivity index (χ3v) is 5.89. The van der Waals surface area contributed by atoms with Gasteiger partial charge < -0.3 is 15.0 Å².